The van der Waals surface area contributed by atoms with E-state index in [1.165, 1.54) is 0 Å². The van der Waals surface area contributed by atoms with Crippen LogP contribution in [0.4, 0.5) is 11.4 Å². The van der Waals surface area contributed by atoms with E-state index in [9.17, 15) is 9.59 Å². The van der Waals surface area contributed by atoms with E-state index in [0.717, 1.165) is 0 Å². The van der Waals surface area contributed by atoms with Crippen molar-refractivity contribution >= 4 is 80.7 Å². The van der Waals surface area contributed by atoms with Gasteiger partial charge in [0.25, 0.3) is 0 Å². The molecule has 2 aliphatic rings. The van der Waals surface area contributed by atoms with Crippen LogP contribution in [-0.4, -0.2) is 16.6 Å². The molecule has 2 aliphatic carbocycles. The number of rotatable bonds is 6. The Labute approximate surface area is 362 Å². The summed E-state index contributed by atoms with van der Waals surface area (Å²) in [5, 5.41) is 20.3. The second kappa shape index (κ2) is 16.8. The van der Waals surface area contributed by atoms with Crippen LogP contribution in [0.3, 0.4) is 0 Å². The second-order valence-electron chi connectivity index (χ2n) is 18.5. The zero-order valence-corrected chi connectivity index (χ0v) is 38.1. The van der Waals surface area contributed by atoms with E-state index >= 15 is 0 Å². The van der Waals surface area contributed by atoms with Gasteiger partial charge in [0, 0.05) is 33.4 Å². The molecule has 0 amide bonds. The van der Waals surface area contributed by atoms with Gasteiger partial charge >= 0.3 is 0 Å². The normalized spacial score (nSPS) is 15.9. The fourth-order valence-electron chi connectivity index (χ4n) is 6.28. The van der Waals surface area contributed by atoms with Crippen LogP contribution in [0.15, 0.2) is 133 Å². The van der Waals surface area contributed by atoms with Crippen molar-refractivity contribution in [3.63, 3.8) is 0 Å². The summed E-state index contributed by atoms with van der Waals surface area (Å²) in [6, 6.07) is 15.5. The van der Waals surface area contributed by atoms with Gasteiger partial charge < -0.3 is 0 Å². The van der Waals surface area contributed by atoms with Crippen LogP contribution in [0.5, 0.6) is 0 Å². The highest BCUT2D eigenvalue weighted by Crippen LogP contribution is 2.43. The number of aromatic nitrogens is 1. The number of hydrogen-bond acceptors (Lipinski definition) is 7. The van der Waals surface area contributed by atoms with E-state index < -0.39 is 21.7 Å². The number of hydrogen-bond donors (Lipinski definition) is 0. The molecule has 1 aromatic heterocycles. The lowest BCUT2D eigenvalue weighted by Crippen LogP contribution is -2.28. The number of ketones is 2. The molecule has 302 valence electrons. The quantitative estimate of drug-likeness (QED) is 0.231. The Bertz CT molecular complexity index is 2210. The molecular formula is C47H49Cl4N5O2. The zero-order valence-electron chi connectivity index (χ0n) is 35.1. The van der Waals surface area contributed by atoms with Gasteiger partial charge in [0.2, 0.25) is 0 Å². The van der Waals surface area contributed by atoms with Gasteiger partial charge in [0.15, 0.2) is 11.6 Å². The largest absolute Gasteiger partial charge is 0.289 e. The number of halogens is 4. The SMILES string of the molecule is CC(C)(C)C1=CC(=C(/N=N/c2ccc(Cl)c(Cl)c2)c2cccc(C(/N=N/c3ccc(Cl)c(Cl)c3)=C3C=C(C(C)(C)C)C(=O)C(C(C)(C)C)=C3)n2)C=C(C(C)(C)C)C1=O. The molecule has 0 saturated heterocycles. The molecule has 58 heavy (non-hydrogen) atoms. The molecule has 11 heteroatoms. The van der Waals surface area contributed by atoms with Gasteiger partial charge in [0.05, 0.1) is 42.9 Å². The third-order valence-electron chi connectivity index (χ3n) is 9.53. The molecule has 0 fully saturated rings. The minimum atomic E-state index is -0.483. The molecule has 0 saturated carbocycles. The number of carbonyl (C=O) groups is 2. The van der Waals surface area contributed by atoms with Crippen molar-refractivity contribution in [3.05, 3.63) is 144 Å². The van der Waals surface area contributed by atoms with E-state index in [0.29, 0.717) is 87.7 Å². The van der Waals surface area contributed by atoms with Gasteiger partial charge in [-0.05, 0) is 94.5 Å². The fourth-order valence-corrected chi connectivity index (χ4v) is 6.87. The predicted octanol–water partition coefficient (Wildman–Crippen LogP) is 15.7. The molecule has 2 aromatic carbocycles. The molecule has 7 nitrogen and oxygen atoms in total. The lowest BCUT2D eigenvalue weighted by Gasteiger charge is -2.31. The van der Waals surface area contributed by atoms with E-state index in [2.05, 4.69) is 10.2 Å². The Hall–Kier alpha value is -4.27. The first-order valence-electron chi connectivity index (χ1n) is 18.9. The third-order valence-corrected chi connectivity index (χ3v) is 11.0. The zero-order chi connectivity index (χ0) is 43.1. The van der Waals surface area contributed by atoms with Gasteiger partial charge in [-0.25, -0.2) is 4.98 Å². The molecule has 0 bridgehead atoms. The van der Waals surface area contributed by atoms with Crippen LogP contribution >= 0.6 is 46.4 Å². The second-order valence-corrected chi connectivity index (χ2v) is 20.1. The number of pyridine rings is 1. The lowest BCUT2D eigenvalue weighted by molar-refractivity contribution is -0.114. The first kappa shape index (κ1) is 44.8. The number of allylic oxidation sites excluding steroid dienone is 10. The van der Waals surface area contributed by atoms with Gasteiger partial charge in [-0.2, -0.15) is 10.2 Å². The highest BCUT2D eigenvalue weighted by Gasteiger charge is 2.36. The molecule has 0 unspecified atom stereocenters. The van der Waals surface area contributed by atoms with Crippen LogP contribution in [0.25, 0.3) is 11.4 Å². The summed E-state index contributed by atoms with van der Waals surface area (Å²) in [7, 11) is 0. The van der Waals surface area contributed by atoms with Crippen LogP contribution < -0.4 is 0 Å². The molecule has 1 heterocycles. The van der Waals surface area contributed by atoms with E-state index in [-0.39, 0.29) is 11.6 Å². The molecule has 0 radical (unpaired) electrons. The smallest absolute Gasteiger partial charge is 0.186 e. The minimum Gasteiger partial charge on any atom is -0.289 e. The van der Waals surface area contributed by atoms with Crippen molar-refractivity contribution in [1.82, 2.24) is 4.98 Å². The number of benzene rings is 2. The maximum atomic E-state index is 14.0. The topological polar surface area (TPSA) is 96.5 Å². The molecular weight excluding hydrogens is 808 g/mol. The van der Waals surface area contributed by atoms with Gasteiger partial charge in [0.1, 0.15) is 11.4 Å². The Morgan fingerprint density at radius 3 is 1.05 bits per heavy atom. The fraction of sp³-hybridized carbons (Fsp3) is 0.340. The van der Waals surface area contributed by atoms with Crippen molar-refractivity contribution < 1.29 is 9.59 Å². The van der Waals surface area contributed by atoms with Crippen LogP contribution in [0, 0.1) is 21.7 Å². The third kappa shape index (κ3) is 10.3. The average molecular weight is 858 g/mol. The number of carbonyl (C=O) groups excluding carboxylic acids is 2. The Morgan fingerprint density at radius 1 is 0.466 bits per heavy atom. The maximum absolute atomic E-state index is 14.0. The number of nitrogens with zero attached hydrogens (tertiary/aromatic N) is 5. The van der Waals surface area contributed by atoms with Gasteiger partial charge in [-0.3, -0.25) is 9.59 Å². The summed E-state index contributed by atoms with van der Waals surface area (Å²) >= 11 is 25.2. The Balaban J connectivity index is 1.87. The van der Waals surface area contributed by atoms with Gasteiger partial charge in [-0.15, -0.1) is 10.2 Å². The molecule has 3 aromatic rings. The first-order valence-corrected chi connectivity index (χ1v) is 20.4. The summed E-state index contributed by atoms with van der Waals surface area (Å²) in [5.74, 6) is -0.0358. The van der Waals surface area contributed by atoms with E-state index in [4.69, 9.17) is 61.6 Å². The standard InChI is InChI=1S/C47H49Cl4N5O2/c1-44(2,3)30-20-26(21-31(42(30)57)45(4,5)6)40(55-53-28-16-18-34(48)36(50)24-28)38-14-13-15-39(52-38)41(56-54-29-17-19-35(49)37(51)25-29)27-22-32(46(7,8)9)43(58)33(23-27)47(10,11)12/h13-25H,1-12H3/b55-53+,56-54+. The maximum Gasteiger partial charge on any atom is 0.186 e. The lowest BCUT2D eigenvalue weighted by atomic mass is 9.71. The van der Waals surface area contributed by atoms with Crippen molar-refractivity contribution in [2.45, 2.75) is 83.1 Å². The monoisotopic (exact) mass is 855 g/mol. The summed E-state index contributed by atoms with van der Waals surface area (Å²) in [6.45, 7) is 24.2. The van der Waals surface area contributed by atoms with Crippen LogP contribution in [0.1, 0.15) is 94.5 Å². The van der Waals surface area contributed by atoms with Crippen molar-refractivity contribution in [1.29, 1.82) is 0 Å². The molecule has 0 aliphatic heterocycles. The molecule has 0 atom stereocenters. The molecule has 0 spiro atoms. The average Bonchev–Trinajstić information content (AvgIpc) is 3.10. The van der Waals surface area contributed by atoms with Crippen molar-refractivity contribution in [3.8, 4) is 0 Å². The highest BCUT2D eigenvalue weighted by atomic mass is 35.5. The molecule has 0 N–H and O–H groups in total. The number of Topliss-reactive ketones (excluding diaryl/α,β-unsaturated/α-hetero) is 2. The van der Waals surface area contributed by atoms with Crippen molar-refractivity contribution in [2.75, 3.05) is 0 Å². The predicted molar refractivity (Wildman–Crippen MR) is 240 cm³/mol. The highest BCUT2D eigenvalue weighted by molar-refractivity contribution is 6.42. The summed E-state index contributed by atoms with van der Waals surface area (Å²) in [4.78, 5) is 33.2. The number of azo groups is 2. The van der Waals surface area contributed by atoms with Gasteiger partial charge in [-0.1, -0.05) is 136 Å². The Kier molecular flexibility index (Phi) is 13.0. The van der Waals surface area contributed by atoms with Crippen LogP contribution in [0.2, 0.25) is 20.1 Å². The summed E-state index contributed by atoms with van der Waals surface area (Å²) in [5.41, 5.74) is 4.60. The summed E-state index contributed by atoms with van der Waals surface area (Å²) < 4.78 is 0. The first-order chi connectivity index (χ1) is 26.8. The Morgan fingerprint density at radius 2 is 0.776 bits per heavy atom. The van der Waals surface area contributed by atoms with E-state index in [1.54, 1.807) is 36.4 Å². The van der Waals surface area contributed by atoms with Crippen LogP contribution in [-0.2, 0) is 9.59 Å². The minimum absolute atomic E-state index is 0.0179. The molecule has 5 rings (SSSR count). The summed E-state index contributed by atoms with van der Waals surface area (Å²) in [6.07, 6.45) is 7.51. The van der Waals surface area contributed by atoms with E-state index in [1.807, 2.05) is 126 Å². The van der Waals surface area contributed by atoms with Crippen molar-refractivity contribution in [2.24, 2.45) is 42.1 Å².